The van der Waals surface area contributed by atoms with Gasteiger partial charge in [-0.1, -0.05) is 12.1 Å². The summed E-state index contributed by atoms with van der Waals surface area (Å²) in [6.07, 6.45) is 8.08. The zero-order valence-corrected chi connectivity index (χ0v) is 13.3. The Morgan fingerprint density at radius 1 is 1.19 bits per heavy atom. The molecule has 2 rings (SSSR count). The zero-order chi connectivity index (χ0) is 15.1. The van der Waals surface area contributed by atoms with E-state index in [1.165, 1.54) is 24.1 Å². The molecule has 1 unspecified atom stereocenters. The Labute approximate surface area is 127 Å². The summed E-state index contributed by atoms with van der Waals surface area (Å²) in [5.74, 6) is 0. The minimum Gasteiger partial charge on any atom is -0.378 e. The number of aryl methyl sites for hydroxylation is 1. The average molecular weight is 286 g/mol. The summed E-state index contributed by atoms with van der Waals surface area (Å²) in [6.45, 7) is 4.32. The molecule has 2 aromatic rings. The molecule has 0 amide bonds. The third-order valence-corrected chi connectivity index (χ3v) is 3.76. The fraction of sp³-hybridized carbons (Fsp3) is 0.471. The molecular formula is C17H26N4. The van der Waals surface area contributed by atoms with E-state index < -0.39 is 0 Å². The van der Waals surface area contributed by atoms with Gasteiger partial charge in [-0.3, -0.25) is 0 Å². The third kappa shape index (κ3) is 4.90. The highest BCUT2D eigenvalue weighted by molar-refractivity contribution is 5.46. The molecule has 1 N–H and O–H groups in total. The molecule has 4 heteroatoms. The molecule has 1 atom stereocenters. The number of nitrogens with zero attached hydrogens (tertiary/aromatic N) is 3. The molecule has 1 heterocycles. The van der Waals surface area contributed by atoms with Crippen molar-refractivity contribution >= 4 is 5.69 Å². The van der Waals surface area contributed by atoms with E-state index in [4.69, 9.17) is 0 Å². The van der Waals surface area contributed by atoms with Gasteiger partial charge in [0, 0.05) is 44.8 Å². The predicted octanol–water partition coefficient (Wildman–Crippen LogP) is 3.08. The first-order valence-electron chi connectivity index (χ1n) is 7.63. The number of rotatable bonds is 8. The summed E-state index contributed by atoms with van der Waals surface area (Å²) in [4.78, 5) is 6.18. The zero-order valence-electron chi connectivity index (χ0n) is 13.3. The highest BCUT2D eigenvalue weighted by Crippen LogP contribution is 2.17. The van der Waals surface area contributed by atoms with Crippen LogP contribution in [-0.2, 0) is 6.54 Å². The van der Waals surface area contributed by atoms with Gasteiger partial charge in [-0.15, -0.1) is 0 Å². The second-order valence-corrected chi connectivity index (χ2v) is 5.67. The van der Waals surface area contributed by atoms with Gasteiger partial charge >= 0.3 is 0 Å². The maximum Gasteiger partial charge on any atom is 0.0945 e. The molecular weight excluding hydrogens is 260 g/mol. The van der Waals surface area contributed by atoms with Crippen molar-refractivity contribution in [2.45, 2.75) is 32.4 Å². The molecule has 0 aliphatic carbocycles. The van der Waals surface area contributed by atoms with Crippen LogP contribution in [0.3, 0.4) is 0 Å². The van der Waals surface area contributed by atoms with Crippen LogP contribution in [0, 0.1) is 0 Å². The van der Waals surface area contributed by atoms with E-state index in [0.29, 0.717) is 6.04 Å². The van der Waals surface area contributed by atoms with Crippen LogP contribution in [0.5, 0.6) is 0 Å². The van der Waals surface area contributed by atoms with Crippen molar-refractivity contribution in [2.24, 2.45) is 0 Å². The smallest absolute Gasteiger partial charge is 0.0945 e. The van der Waals surface area contributed by atoms with Crippen LogP contribution in [0.1, 0.15) is 31.4 Å². The number of benzene rings is 1. The molecule has 0 fully saturated rings. The van der Waals surface area contributed by atoms with E-state index in [-0.39, 0.29) is 0 Å². The molecule has 0 aliphatic rings. The largest absolute Gasteiger partial charge is 0.378 e. The van der Waals surface area contributed by atoms with Gasteiger partial charge in [-0.2, -0.15) is 0 Å². The number of anilines is 1. The summed E-state index contributed by atoms with van der Waals surface area (Å²) in [5.41, 5.74) is 2.58. The average Bonchev–Trinajstić information content (AvgIpc) is 3.00. The van der Waals surface area contributed by atoms with Gasteiger partial charge in [-0.05, 0) is 44.0 Å². The van der Waals surface area contributed by atoms with E-state index in [0.717, 1.165) is 13.1 Å². The van der Waals surface area contributed by atoms with Crippen molar-refractivity contribution in [1.82, 2.24) is 14.9 Å². The monoisotopic (exact) mass is 286 g/mol. The number of imidazole rings is 1. The minimum absolute atomic E-state index is 0.398. The van der Waals surface area contributed by atoms with Crippen molar-refractivity contribution in [3.63, 3.8) is 0 Å². The van der Waals surface area contributed by atoms with Crippen LogP contribution in [0.15, 0.2) is 43.0 Å². The van der Waals surface area contributed by atoms with Gasteiger partial charge in [0.1, 0.15) is 0 Å². The molecule has 21 heavy (non-hydrogen) atoms. The second kappa shape index (κ2) is 7.84. The first kappa shape index (κ1) is 15.6. The molecule has 1 aromatic carbocycles. The highest BCUT2D eigenvalue weighted by atomic mass is 15.1. The molecule has 0 saturated carbocycles. The summed E-state index contributed by atoms with van der Waals surface area (Å²) >= 11 is 0. The third-order valence-electron chi connectivity index (χ3n) is 3.76. The van der Waals surface area contributed by atoms with Crippen LogP contribution in [0.4, 0.5) is 5.69 Å². The van der Waals surface area contributed by atoms with Crippen molar-refractivity contribution < 1.29 is 0 Å². The summed E-state index contributed by atoms with van der Waals surface area (Å²) in [6, 6.07) is 9.16. The van der Waals surface area contributed by atoms with Crippen LogP contribution >= 0.6 is 0 Å². The Kier molecular flexibility index (Phi) is 5.81. The number of unbranched alkanes of at least 4 members (excludes halogenated alkanes) is 1. The number of nitrogens with one attached hydrogen (secondary N) is 1. The second-order valence-electron chi connectivity index (χ2n) is 5.67. The summed E-state index contributed by atoms with van der Waals surface area (Å²) < 4.78 is 2.13. The Balaban J connectivity index is 1.68. The topological polar surface area (TPSA) is 33.1 Å². The van der Waals surface area contributed by atoms with Gasteiger partial charge in [0.05, 0.1) is 6.33 Å². The van der Waals surface area contributed by atoms with E-state index in [1.807, 2.05) is 18.7 Å². The minimum atomic E-state index is 0.398. The van der Waals surface area contributed by atoms with Crippen LogP contribution in [0.25, 0.3) is 0 Å². The standard InChI is InChI=1S/C17H26N4/c1-15(16-6-8-17(9-7-16)20(2)3)19-10-4-5-12-21-13-11-18-14-21/h6-9,11,13-15,19H,4-5,10,12H2,1-3H3. The Bertz CT molecular complexity index is 502. The maximum absolute atomic E-state index is 4.05. The SMILES string of the molecule is CC(NCCCCn1ccnc1)c1ccc(N(C)C)cc1. The fourth-order valence-corrected chi connectivity index (χ4v) is 2.34. The highest BCUT2D eigenvalue weighted by Gasteiger charge is 2.04. The lowest BCUT2D eigenvalue weighted by Crippen LogP contribution is -2.20. The van der Waals surface area contributed by atoms with E-state index in [1.54, 1.807) is 0 Å². The Morgan fingerprint density at radius 3 is 2.57 bits per heavy atom. The van der Waals surface area contributed by atoms with Gasteiger partial charge in [0.2, 0.25) is 0 Å². The molecule has 4 nitrogen and oxygen atoms in total. The quantitative estimate of drug-likeness (QED) is 0.757. The molecule has 0 aliphatic heterocycles. The van der Waals surface area contributed by atoms with E-state index in [9.17, 15) is 0 Å². The predicted molar refractivity (Wildman–Crippen MR) is 88.6 cm³/mol. The van der Waals surface area contributed by atoms with Crippen molar-refractivity contribution in [3.8, 4) is 0 Å². The van der Waals surface area contributed by atoms with Crippen molar-refractivity contribution in [1.29, 1.82) is 0 Å². The summed E-state index contributed by atoms with van der Waals surface area (Å²) in [5, 5.41) is 3.59. The van der Waals surface area contributed by atoms with Gasteiger partial charge in [-0.25, -0.2) is 4.98 Å². The fourth-order valence-electron chi connectivity index (χ4n) is 2.34. The first-order valence-corrected chi connectivity index (χ1v) is 7.63. The van der Waals surface area contributed by atoms with E-state index >= 15 is 0 Å². The molecule has 0 radical (unpaired) electrons. The van der Waals surface area contributed by atoms with Crippen LogP contribution in [-0.4, -0.2) is 30.2 Å². The van der Waals surface area contributed by atoms with E-state index in [2.05, 4.69) is 65.1 Å². The molecule has 1 aromatic heterocycles. The molecule has 0 saturated heterocycles. The Morgan fingerprint density at radius 2 is 1.95 bits per heavy atom. The number of hydrogen-bond acceptors (Lipinski definition) is 3. The van der Waals surface area contributed by atoms with Crippen LogP contribution < -0.4 is 10.2 Å². The number of hydrogen-bond donors (Lipinski definition) is 1. The normalized spacial score (nSPS) is 12.3. The Hall–Kier alpha value is -1.81. The van der Waals surface area contributed by atoms with Crippen LogP contribution in [0.2, 0.25) is 0 Å². The molecule has 114 valence electrons. The summed E-state index contributed by atoms with van der Waals surface area (Å²) in [7, 11) is 4.13. The molecule has 0 bridgehead atoms. The van der Waals surface area contributed by atoms with Gasteiger partial charge < -0.3 is 14.8 Å². The first-order chi connectivity index (χ1) is 10.2. The van der Waals surface area contributed by atoms with Crippen molar-refractivity contribution in [2.75, 3.05) is 25.5 Å². The lowest BCUT2D eigenvalue weighted by Gasteiger charge is -2.17. The lowest BCUT2D eigenvalue weighted by molar-refractivity contribution is 0.523. The number of aromatic nitrogens is 2. The van der Waals surface area contributed by atoms with Gasteiger partial charge in [0.15, 0.2) is 0 Å². The maximum atomic E-state index is 4.05. The lowest BCUT2D eigenvalue weighted by atomic mass is 10.1. The van der Waals surface area contributed by atoms with Gasteiger partial charge in [0.25, 0.3) is 0 Å². The molecule has 0 spiro atoms. The van der Waals surface area contributed by atoms with Crippen molar-refractivity contribution in [3.05, 3.63) is 48.5 Å².